The molecule has 0 unspecified atom stereocenters. The second-order valence-electron chi connectivity index (χ2n) is 6.10. The SMILES string of the molecule is Cc1cccc(-n2nnc(C(=O)Nc3ccc4c(c3)B(O)OC4)c2C)n1. The fourth-order valence-electron chi connectivity index (χ4n) is 2.89. The molecule has 0 spiro atoms. The Morgan fingerprint density at radius 3 is 2.96 bits per heavy atom. The van der Waals surface area contributed by atoms with Gasteiger partial charge in [-0.15, -0.1) is 5.10 Å². The minimum Gasteiger partial charge on any atom is -0.423 e. The summed E-state index contributed by atoms with van der Waals surface area (Å²) < 4.78 is 6.69. The smallest absolute Gasteiger partial charge is 0.423 e. The minimum absolute atomic E-state index is 0.214. The number of nitrogens with one attached hydrogen (secondary N) is 1. The second kappa shape index (κ2) is 6.36. The number of hydrogen-bond donors (Lipinski definition) is 2. The van der Waals surface area contributed by atoms with Crippen LogP contribution in [0.3, 0.4) is 0 Å². The molecule has 1 aliphatic rings. The molecule has 26 heavy (non-hydrogen) atoms. The number of rotatable bonds is 3. The molecule has 0 atom stereocenters. The van der Waals surface area contributed by atoms with E-state index in [4.69, 9.17) is 4.65 Å². The highest BCUT2D eigenvalue weighted by Gasteiger charge is 2.27. The molecule has 0 saturated carbocycles. The van der Waals surface area contributed by atoms with Crippen molar-refractivity contribution in [2.24, 2.45) is 0 Å². The highest BCUT2D eigenvalue weighted by molar-refractivity contribution is 6.61. The van der Waals surface area contributed by atoms with Gasteiger partial charge < -0.3 is 15.0 Å². The van der Waals surface area contributed by atoms with Crippen molar-refractivity contribution in [3.05, 3.63) is 59.0 Å². The molecule has 3 heterocycles. The Bertz CT molecular complexity index is 1000. The van der Waals surface area contributed by atoms with Gasteiger partial charge in [0.25, 0.3) is 5.91 Å². The predicted molar refractivity (Wildman–Crippen MR) is 95.4 cm³/mol. The van der Waals surface area contributed by atoms with Gasteiger partial charge in [-0.2, -0.15) is 4.68 Å². The van der Waals surface area contributed by atoms with Crippen LogP contribution in [-0.4, -0.2) is 38.0 Å². The third kappa shape index (κ3) is 2.87. The highest BCUT2D eigenvalue weighted by Crippen LogP contribution is 2.16. The molecule has 1 aliphatic heterocycles. The van der Waals surface area contributed by atoms with E-state index in [9.17, 15) is 9.82 Å². The molecule has 130 valence electrons. The van der Waals surface area contributed by atoms with Gasteiger partial charge in [0.1, 0.15) is 0 Å². The van der Waals surface area contributed by atoms with Crippen molar-refractivity contribution in [3.63, 3.8) is 0 Å². The van der Waals surface area contributed by atoms with Crippen LogP contribution in [0.4, 0.5) is 5.69 Å². The third-order valence-corrected chi connectivity index (χ3v) is 4.27. The standard InChI is InChI=1S/C17H16BN5O3/c1-10-4-3-5-15(19-10)23-11(2)16(21-22-23)17(24)20-13-7-6-12-9-26-18(25)14(12)8-13/h3-8,25H,9H2,1-2H3,(H,20,24). The van der Waals surface area contributed by atoms with Crippen LogP contribution in [0.15, 0.2) is 36.4 Å². The van der Waals surface area contributed by atoms with Gasteiger partial charge >= 0.3 is 7.12 Å². The van der Waals surface area contributed by atoms with E-state index in [0.29, 0.717) is 29.3 Å². The first-order valence-electron chi connectivity index (χ1n) is 8.13. The zero-order chi connectivity index (χ0) is 18.3. The van der Waals surface area contributed by atoms with Gasteiger partial charge in [0.2, 0.25) is 0 Å². The van der Waals surface area contributed by atoms with Gasteiger partial charge in [0, 0.05) is 11.4 Å². The van der Waals surface area contributed by atoms with Crippen LogP contribution in [0, 0.1) is 13.8 Å². The summed E-state index contributed by atoms with van der Waals surface area (Å²) >= 11 is 0. The lowest BCUT2D eigenvalue weighted by Crippen LogP contribution is -2.28. The van der Waals surface area contributed by atoms with Crippen molar-refractivity contribution in [1.82, 2.24) is 20.0 Å². The molecule has 3 aromatic rings. The van der Waals surface area contributed by atoms with Crippen molar-refractivity contribution >= 4 is 24.2 Å². The number of fused-ring (bicyclic) bond motifs is 1. The van der Waals surface area contributed by atoms with Crippen LogP contribution in [0.2, 0.25) is 0 Å². The van der Waals surface area contributed by atoms with Crippen molar-refractivity contribution in [1.29, 1.82) is 0 Å². The number of aryl methyl sites for hydroxylation is 1. The largest absolute Gasteiger partial charge is 0.491 e. The summed E-state index contributed by atoms with van der Waals surface area (Å²) in [5.41, 5.74) is 3.77. The Hall–Kier alpha value is -3.04. The zero-order valence-corrected chi connectivity index (χ0v) is 14.3. The number of carbonyl (C=O) groups is 1. The zero-order valence-electron chi connectivity index (χ0n) is 14.3. The van der Waals surface area contributed by atoms with Gasteiger partial charge in [-0.3, -0.25) is 4.79 Å². The first-order valence-corrected chi connectivity index (χ1v) is 8.13. The Balaban J connectivity index is 1.59. The van der Waals surface area contributed by atoms with E-state index in [2.05, 4.69) is 20.6 Å². The minimum atomic E-state index is -0.961. The van der Waals surface area contributed by atoms with Crippen molar-refractivity contribution in [2.45, 2.75) is 20.5 Å². The molecular formula is C17H16BN5O3. The fraction of sp³-hybridized carbons (Fsp3) is 0.176. The maximum atomic E-state index is 12.6. The molecule has 2 aromatic heterocycles. The topological polar surface area (TPSA) is 102 Å². The Morgan fingerprint density at radius 1 is 1.31 bits per heavy atom. The summed E-state index contributed by atoms with van der Waals surface area (Å²) in [6, 6.07) is 10.8. The number of aromatic nitrogens is 4. The lowest BCUT2D eigenvalue weighted by Gasteiger charge is -2.07. The molecule has 1 amide bonds. The maximum Gasteiger partial charge on any atom is 0.491 e. The molecule has 1 aromatic carbocycles. The van der Waals surface area contributed by atoms with E-state index in [0.717, 1.165) is 11.3 Å². The molecule has 4 rings (SSSR count). The molecule has 0 bridgehead atoms. The number of pyridine rings is 1. The second-order valence-corrected chi connectivity index (χ2v) is 6.10. The van der Waals surface area contributed by atoms with Crippen molar-refractivity contribution in [3.8, 4) is 5.82 Å². The fourth-order valence-corrected chi connectivity index (χ4v) is 2.89. The van der Waals surface area contributed by atoms with Gasteiger partial charge in [-0.05, 0) is 49.1 Å². The molecule has 0 radical (unpaired) electrons. The van der Waals surface area contributed by atoms with E-state index in [-0.39, 0.29) is 11.6 Å². The lowest BCUT2D eigenvalue weighted by molar-refractivity contribution is 0.102. The Kier molecular flexibility index (Phi) is 4.02. The molecular weight excluding hydrogens is 333 g/mol. The van der Waals surface area contributed by atoms with Crippen LogP contribution < -0.4 is 10.8 Å². The first-order chi connectivity index (χ1) is 12.5. The Morgan fingerprint density at radius 2 is 2.15 bits per heavy atom. The quantitative estimate of drug-likeness (QED) is 0.677. The average Bonchev–Trinajstić information content (AvgIpc) is 3.18. The summed E-state index contributed by atoms with van der Waals surface area (Å²) in [4.78, 5) is 17.0. The predicted octanol–water partition coefficient (Wildman–Crippen LogP) is 0.749. The molecule has 9 heteroatoms. The third-order valence-electron chi connectivity index (χ3n) is 4.27. The Labute approximate surface area is 150 Å². The number of benzene rings is 1. The molecule has 0 saturated heterocycles. The van der Waals surface area contributed by atoms with Crippen molar-refractivity contribution < 1.29 is 14.5 Å². The van der Waals surface area contributed by atoms with Crippen LogP contribution in [-0.2, 0) is 11.3 Å². The van der Waals surface area contributed by atoms with Gasteiger partial charge in [0.05, 0.1) is 12.3 Å². The van der Waals surface area contributed by atoms with Gasteiger partial charge in [0.15, 0.2) is 11.5 Å². The van der Waals surface area contributed by atoms with Crippen LogP contribution in [0.5, 0.6) is 0 Å². The molecule has 0 fully saturated rings. The van der Waals surface area contributed by atoms with Crippen LogP contribution in [0.1, 0.15) is 27.4 Å². The van der Waals surface area contributed by atoms with E-state index >= 15 is 0 Å². The summed E-state index contributed by atoms with van der Waals surface area (Å²) in [7, 11) is -0.961. The first kappa shape index (κ1) is 16.4. The summed E-state index contributed by atoms with van der Waals surface area (Å²) in [6.07, 6.45) is 0. The van der Waals surface area contributed by atoms with Gasteiger partial charge in [-0.25, -0.2) is 4.98 Å². The van der Waals surface area contributed by atoms with E-state index in [1.165, 1.54) is 4.68 Å². The van der Waals surface area contributed by atoms with Crippen LogP contribution >= 0.6 is 0 Å². The number of amides is 1. The maximum absolute atomic E-state index is 12.6. The monoisotopic (exact) mass is 349 g/mol. The number of carbonyl (C=O) groups excluding carboxylic acids is 1. The van der Waals surface area contributed by atoms with E-state index < -0.39 is 7.12 Å². The summed E-state index contributed by atoms with van der Waals surface area (Å²) in [6.45, 7) is 4.01. The van der Waals surface area contributed by atoms with E-state index in [1.807, 2.05) is 25.1 Å². The summed E-state index contributed by atoms with van der Waals surface area (Å²) in [5.74, 6) is 0.224. The highest BCUT2D eigenvalue weighted by atomic mass is 16.5. The number of anilines is 1. The number of nitrogens with zero attached hydrogens (tertiary/aromatic N) is 4. The number of hydrogen-bond acceptors (Lipinski definition) is 6. The van der Waals surface area contributed by atoms with E-state index in [1.54, 1.807) is 25.1 Å². The van der Waals surface area contributed by atoms with Gasteiger partial charge in [-0.1, -0.05) is 17.3 Å². The normalized spacial score (nSPS) is 13.0. The lowest BCUT2D eigenvalue weighted by atomic mass is 9.79. The molecule has 0 aliphatic carbocycles. The molecule has 2 N–H and O–H groups in total. The molecule has 8 nitrogen and oxygen atoms in total. The van der Waals surface area contributed by atoms with Crippen molar-refractivity contribution in [2.75, 3.05) is 5.32 Å². The van der Waals surface area contributed by atoms with Crippen LogP contribution in [0.25, 0.3) is 5.82 Å². The summed E-state index contributed by atoms with van der Waals surface area (Å²) in [5, 5.41) is 20.6. The average molecular weight is 349 g/mol.